The second kappa shape index (κ2) is 8.26. The molecular formula is C20H35N5O3. The third kappa shape index (κ3) is 3.79. The monoisotopic (exact) mass is 393 g/mol. The molecule has 0 radical (unpaired) electrons. The summed E-state index contributed by atoms with van der Waals surface area (Å²) in [5.41, 5.74) is 5.90. The number of hydrogen-bond donors (Lipinski definition) is 3. The maximum absolute atomic E-state index is 13.3. The minimum Gasteiger partial charge on any atom is -0.368 e. The Morgan fingerprint density at radius 1 is 1.07 bits per heavy atom. The van der Waals surface area contributed by atoms with Crippen LogP contribution in [-0.4, -0.2) is 78.4 Å². The van der Waals surface area contributed by atoms with Gasteiger partial charge in [-0.25, -0.2) is 0 Å². The van der Waals surface area contributed by atoms with Crippen LogP contribution in [0.25, 0.3) is 0 Å². The van der Waals surface area contributed by atoms with E-state index in [0.29, 0.717) is 25.0 Å². The lowest BCUT2D eigenvalue weighted by Gasteiger charge is -2.55. The summed E-state index contributed by atoms with van der Waals surface area (Å²) >= 11 is 0. The highest BCUT2D eigenvalue weighted by atomic mass is 16.5. The summed E-state index contributed by atoms with van der Waals surface area (Å²) < 4.78 is 5.71. The molecule has 28 heavy (non-hydrogen) atoms. The molecule has 3 heterocycles. The van der Waals surface area contributed by atoms with E-state index in [1.807, 2.05) is 4.90 Å². The number of hydrogen-bond acceptors (Lipinski definition) is 6. The van der Waals surface area contributed by atoms with Crippen molar-refractivity contribution >= 4 is 11.8 Å². The Morgan fingerprint density at radius 2 is 1.82 bits per heavy atom. The number of fused-ring (bicyclic) bond motifs is 1. The molecule has 8 nitrogen and oxygen atoms in total. The van der Waals surface area contributed by atoms with E-state index in [1.54, 1.807) is 6.92 Å². The fraction of sp³-hybridized carbons (Fsp3) is 0.900. The average molecular weight is 394 g/mol. The van der Waals surface area contributed by atoms with Gasteiger partial charge in [-0.3, -0.25) is 20.2 Å². The molecule has 4 rings (SSSR count). The maximum atomic E-state index is 13.3. The highest BCUT2D eigenvalue weighted by molar-refractivity contribution is 5.82. The van der Waals surface area contributed by atoms with E-state index in [2.05, 4.69) is 22.5 Å². The smallest absolute Gasteiger partial charge is 0.252 e. The second-order valence-electron chi connectivity index (χ2n) is 9.03. The molecule has 0 spiro atoms. The molecule has 2 amide bonds. The molecule has 4 unspecified atom stereocenters. The Labute approximate surface area is 167 Å². The molecule has 3 saturated heterocycles. The lowest BCUT2D eigenvalue weighted by Crippen LogP contribution is -2.68. The van der Waals surface area contributed by atoms with E-state index in [4.69, 9.17) is 10.5 Å². The number of carbonyl (C=O) groups is 2. The molecule has 8 heteroatoms. The number of nitrogens with one attached hydrogen (secondary N) is 2. The predicted octanol–water partition coefficient (Wildman–Crippen LogP) is -0.167. The van der Waals surface area contributed by atoms with Gasteiger partial charge in [-0.05, 0) is 50.9 Å². The first kappa shape index (κ1) is 20.1. The van der Waals surface area contributed by atoms with E-state index >= 15 is 0 Å². The molecular weight excluding hydrogens is 358 g/mol. The van der Waals surface area contributed by atoms with Gasteiger partial charge in [-0.15, -0.1) is 0 Å². The number of piperazine rings is 1. The topological polar surface area (TPSA) is 99.9 Å². The van der Waals surface area contributed by atoms with Gasteiger partial charge in [0.25, 0.3) is 5.91 Å². The quantitative estimate of drug-likeness (QED) is 0.603. The van der Waals surface area contributed by atoms with Gasteiger partial charge in [0, 0.05) is 39.2 Å². The Kier molecular flexibility index (Phi) is 5.92. The molecule has 158 valence electrons. The van der Waals surface area contributed by atoms with Crippen molar-refractivity contribution in [2.75, 3.05) is 26.2 Å². The second-order valence-corrected chi connectivity index (χ2v) is 9.03. The van der Waals surface area contributed by atoms with Crippen LogP contribution >= 0.6 is 0 Å². The summed E-state index contributed by atoms with van der Waals surface area (Å²) in [7, 11) is 0. The molecule has 1 saturated carbocycles. The van der Waals surface area contributed by atoms with Crippen molar-refractivity contribution in [2.45, 2.75) is 76.5 Å². The van der Waals surface area contributed by atoms with Gasteiger partial charge in [0.15, 0.2) is 0 Å². The summed E-state index contributed by atoms with van der Waals surface area (Å²) in [6, 6.07) is 0.262. The molecule has 0 aromatic heterocycles. The van der Waals surface area contributed by atoms with Gasteiger partial charge < -0.3 is 20.3 Å². The fourth-order valence-electron chi connectivity index (χ4n) is 5.87. The maximum Gasteiger partial charge on any atom is 0.252 e. The third-order valence-corrected chi connectivity index (χ3v) is 7.23. The zero-order valence-electron chi connectivity index (χ0n) is 17.1. The first-order valence-electron chi connectivity index (χ1n) is 10.9. The van der Waals surface area contributed by atoms with Gasteiger partial charge in [-0.1, -0.05) is 0 Å². The Hall–Kier alpha value is -1.22. The molecule has 1 aliphatic carbocycles. The minimum atomic E-state index is -0.298. The zero-order valence-corrected chi connectivity index (χ0v) is 17.1. The van der Waals surface area contributed by atoms with Crippen molar-refractivity contribution in [3.63, 3.8) is 0 Å². The predicted molar refractivity (Wildman–Crippen MR) is 105 cm³/mol. The Morgan fingerprint density at radius 3 is 2.46 bits per heavy atom. The van der Waals surface area contributed by atoms with Crippen LogP contribution in [0.3, 0.4) is 0 Å². The molecule has 0 aromatic carbocycles. The summed E-state index contributed by atoms with van der Waals surface area (Å²) in [4.78, 5) is 29.7. The average Bonchev–Trinajstić information content (AvgIpc) is 3.21. The summed E-state index contributed by atoms with van der Waals surface area (Å²) in [5.74, 6) is 1.28. The van der Waals surface area contributed by atoms with Gasteiger partial charge in [0.05, 0.1) is 12.1 Å². The minimum absolute atomic E-state index is 0.0525. The highest BCUT2D eigenvalue weighted by Crippen LogP contribution is 2.39. The zero-order chi connectivity index (χ0) is 19.8. The van der Waals surface area contributed by atoms with Crippen molar-refractivity contribution < 1.29 is 14.3 Å². The lowest BCUT2D eigenvalue weighted by atomic mass is 9.73. The van der Waals surface area contributed by atoms with Gasteiger partial charge in [0.2, 0.25) is 5.91 Å². The van der Waals surface area contributed by atoms with Crippen LogP contribution in [0.2, 0.25) is 0 Å². The molecule has 3 aliphatic heterocycles. The van der Waals surface area contributed by atoms with E-state index in [-0.39, 0.29) is 42.3 Å². The van der Waals surface area contributed by atoms with Crippen LogP contribution in [0.1, 0.15) is 46.0 Å². The Balaban J connectivity index is 1.53. The largest absolute Gasteiger partial charge is 0.368 e. The molecule has 4 aliphatic rings. The van der Waals surface area contributed by atoms with Crippen molar-refractivity contribution in [1.29, 1.82) is 0 Å². The molecule has 0 aromatic rings. The van der Waals surface area contributed by atoms with Gasteiger partial charge in [0.1, 0.15) is 12.4 Å². The van der Waals surface area contributed by atoms with Crippen molar-refractivity contribution in [3.8, 4) is 0 Å². The molecule has 0 bridgehead atoms. The number of ether oxygens (including phenoxy) is 1. The first-order chi connectivity index (χ1) is 13.5. The fourth-order valence-corrected chi connectivity index (χ4v) is 5.87. The van der Waals surface area contributed by atoms with Gasteiger partial charge in [-0.2, -0.15) is 0 Å². The number of nitrogens with zero attached hydrogens (tertiary/aromatic N) is 2. The SMILES string of the molecule is CC(=O)N1C2CCC(C3CNC(N)NC3)CC2N(C(=O)C2CCCO2)C[C@@H]1C. The van der Waals surface area contributed by atoms with Gasteiger partial charge >= 0.3 is 0 Å². The number of rotatable bonds is 2. The summed E-state index contributed by atoms with van der Waals surface area (Å²) in [5, 5.41) is 6.63. The van der Waals surface area contributed by atoms with E-state index in [9.17, 15) is 9.59 Å². The third-order valence-electron chi connectivity index (χ3n) is 7.23. The molecule has 4 fully saturated rings. The van der Waals surface area contributed by atoms with Crippen molar-refractivity contribution in [3.05, 3.63) is 0 Å². The summed E-state index contributed by atoms with van der Waals surface area (Å²) in [6.45, 7) is 6.82. The normalized spacial score (nSPS) is 41.6. The van der Waals surface area contributed by atoms with Crippen molar-refractivity contribution in [1.82, 2.24) is 20.4 Å². The van der Waals surface area contributed by atoms with Crippen LogP contribution in [0.15, 0.2) is 0 Å². The van der Waals surface area contributed by atoms with Crippen LogP contribution in [0, 0.1) is 11.8 Å². The van der Waals surface area contributed by atoms with Crippen LogP contribution in [0.4, 0.5) is 0 Å². The molecule has 4 N–H and O–H groups in total. The Bertz CT molecular complexity index is 588. The van der Waals surface area contributed by atoms with E-state index in [1.165, 1.54) is 0 Å². The van der Waals surface area contributed by atoms with Crippen LogP contribution in [-0.2, 0) is 14.3 Å². The number of amides is 2. The standard InChI is InChI=1S/C20H35N5O3/c1-12-11-24(19(27)18-4-3-7-28-18)17-8-14(15-9-22-20(21)23-10-15)5-6-16(17)25(12)13(2)26/h12,14-18,20,22-23H,3-11,21H2,1-2H3/t12-,14?,15?,16?,17?,18?,20?/m0/s1. The van der Waals surface area contributed by atoms with E-state index < -0.39 is 0 Å². The van der Waals surface area contributed by atoms with Crippen LogP contribution in [0.5, 0.6) is 0 Å². The molecule has 5 atom stereocenters. The number of nitrogens with two attached hydrogens (primary N) is 1. The highest BCUT2D eigenvalue weighted by Gasteiger charge is 2.48. The number of carbonyl (C=O) groups excluding carboxylic acids is 2. The lowest BCUT2D eigenvalue weighted by molar-refractivity contribution is -0.160. The van der Waals surface area contributed by atoms with Crippen molar-refractivity contribution in [2.24, 2.45) is 17.6 Å². The van der Waals surface area contributed by atoms with Crippen LogP contribution < -0.4 is 16.4 Å². The first-order valence-corrected chi connectivity index (χ1v) is 10.9. The van der Waals surface area contributed by atoms with E-state index in [0.717, 1.165) is 45.2 Å². The summed E-state index contributed by atoms with van der Waals surface area (Å²) in [6.07, 6.45) is 4.33.